The van der Waals surface area contributed by atoms with E-state index in [9.17, 15) is 9.59 Å². The summed E-state index contributed by atoms with van der Waals surface area (Å²) in [7, 11) is 0. The van der Waals surface area contributed by atoms with E-state index in [4.69, 9.17) is 14.2 Å². The lowest BCUT2D eigenvalue weighted by molar-refractivity contribution is -0.135. The van der Waals surface area contributed by atoms with Gasteiger partial charge in [0.15, 0.2) is 0 Å². The molecule has 1 aromatic carbocycles. The van der Waals surface area contributed by atoms with Crippen molar-refractivity contribution >= 4 is 11.9 Å². The maximum absolute atomic E-state index is 12.8. The van der Waals surface area contributed by atoms with Crippen molar-refractivity contribution in [3.05, 3.63) is 23.8 Å². The fourth-order valence-electron chi connectivity index (χ4n) is 4.92. The number of nitrogens with zero attached hydrogens (tertiary/aromatic N) is 1. The van der Waals surface area contributed by atoms with Crippen LogP contribution in [0.4, 0.5) is 4.79 Å². The van der Waals surface area contributed by atoms with E-state index in [0.717, 1.165) is 30.9 Å². The Balaban J connectivity index is 1.15. The van der Waals surface area contributed by atoms with E-state index in [0.29, 0.717) is 25.9 Å². The summed E-state index contributed by atoms with van der Waals surface area (Å²) >= 11 is 0. The van der Waals surface area contributed by atoms with E-state index in [-0.39, 0.29) is 36.1 Å². The molecule has 2 spiro atoms. The zero-order valence-corrected chi connectivity index (χ0v) is 15.0. The van der Waals surface area contributed by atoms with Crippen molar-refractivity contribution in [3.63, 3.8) is 0 Å². The molecule has 2 saturated heterocycles. The molecule has 0 aromatic heterocycles. The minimum Gasteiger partial charge on any atom is -0.492 e. The van der Waals surface area contributed by atoms with Gasteiger partial charge in [-0.1, -0.05) is 6.07 Å². The van der Waals surface area contributed by atoms with E-state index in [1.165, 1.54) is 10.5 Å². The molecular weight excluding hydrogens is 348 g/mol. The first kappa shape index (κ1) is 15.7. The van der Waals surface area contributed by atoms with E-state index in [2.05, 4.69) is 5.32 Å². The summed E-state index contributed by atoms with van der Waals surface area (Å²) in [6.07, 6.45) is 4.23. The molecule has 3 amide bonds. The fraction of sp³-hybridized carbons (Fsp3) is 0.600. The highest BCUT2D eigenvalue weighted by atomic mass is 16.5. The normalized spacial score (nSPS) is 35.2. The maximum atomic E-state index is 12.8. The molecule has 7 heteroatoms. The number of imide groups is 1. The molecule has 2 saturated carbocycles. The van der Waals surface area contributed by atoms with Gasteiger partial charge in [0.2, 0.25) is 0 Å². The number of benzene rings is 1. The predicted molar refractivity (Wildman–Crippen MR) is 93.8 cm³/mol. The SMILES string of the molecule is O=C1N[C@]2(CCOC2)C(=O)N1C1CC(Oc2cccc3c2C2(CC2)CO3)C1. The summed E-state index contributed by atoms with van der Waals surface area (Å²) in [6, 6.07) is 5.60. The number of urea groups is 1. The Hall–Kier alpha value is -2.28. The first-order chi connectivity index (χ1) is 13.1. The highest BCUT2D eigenvalue weighted by molar-refractivity contribution is 6.07. The quantitative estimate of drug-likeness (QED) is 0.820. The van der Waals surface area contributed by atoms with Crippen molar-refractivity contribution < 1.29 is 23.8 Å². The van der Waals surface area contributed by atoms with E-state index >= 15 is 0 Å². The molecule has 1 aromatic rings. The molecule has 3 heterocycles. The summed E-state index contributed by atoms with van der Waals surface area (Å²) in [5.74, 6) is 1.71. The summed E-state index contributed by atoms with van der Waals surface area (Å²) in [4.78, 5) is 26.6. The Morgan fingerprint density at radius 1 is 1.15 bits per heavy atom. The lowest BCUT2D eigenvalue weighted by Gasteiger charge is -2.39. The Labute approximate surface area is 156 Å². The molecule has 7 nitrogen and oxygen atoms in total. The molecular formula is C20H22N2O5. The largest absolute Gasteiger partial charge is 0.492 e. The zero-order chi connectivity index (χ0) is 18.2. The monoisotopic (exact) mass is 370 g/mol. The van der Waals surface area contributed by atoms with Gasteiger partial charge < -0.3 is 19.5 Å². The molecule has 0 bridgehead atoms. The Bertz CT molecular complexity index is 837. The smallest absolute Gasteiger partial charge is 0.325 e. The van der Waals surface area contributed by atoms with Gasteiger partial charge >= 0.3 is 6.03 Å². The van der Waals surface area contributed by atoms with Gasteiger partial charge in [-0.05, 0) is 25.0 Å². The van der Waals surface area contributed by atoms with Crippen LogP contribution < -0.4 is 14.8 Å². The third-order valence-electron chi connectivity index (χ3n) is 6.82. The second-order valence-corrected chi connectivity index (χ2v) is 8.55. The number of nitrogens with one attached hydrogen (secondary N) is 1. The van der Waals surface area contributed by atoms with Gasteiger partial charge in [0.05, 0.1) is 13.2 Å². The van der Waals surface area contributed by atoms with Gasteiger partial charge in [-0.25, -0.2) is 4.79 Å². The van der Waals surface area contributed by atoms with Crippen LogP contribution in [0.2, 0.25) is 0 Å². The van der Waals surface area contributed by atoms with Gasteiger partial charge in [-0.15, -0.1) is 0 Å². The summed E-state index contributed by atoms with van der Waals surface area (Å²) in [6.45, 7) is 1.54. The van der Waals surface area contributed by atoms with Crippen LogP contribution in [0.5, 0.6) is 11.5 Å². The number of rotatable bonds is 3. The van der Waals surface area contributed by atoms with Crippen molar-refractivity contribution in [2.45, 2.75) is 55.2 Å². The minimum absolute atomic E-state index is 0.0230. The molecule has 27 heavy (non-hydrogen) atoms. The second kappa shape index (κ2) is 5.16. The zero-order valence-electron chi connectivity index (χ0n) is 15.0. The minimum atomic E-state index is -0.834. The van der Waals surface area contributed by atoms with Gasteiger partial charge in [-0.2, -0.15) is 0 Å². The molecule has 1 atom stereocenters. The lowest BCUT2D eigenvalue weighted by atomic mass is 9.86. The van der Waals surface area contributed by atoms with Gasteiger partial charge in [0.1, 0.15) is 23.1 Å². The molecule has 6 rings (SSSR count). The van der Waals surface area contributed by atoms with Crippen molar-refractivity contribution in [2.24, 2.45) is 0 Å². The second-order valence-electron chi connectivity index (χ2n) is 8.55. The molecule has 142 valence electrons. The molecule has 0 unspecified atom stereocenters. The first-order valence-electron chi connectivity index (χ1n) is 9.77. The number of carbonyl (C=O) groups is 2. The van der Waals surface area contributed by atoms with Crippen LogP contribution in [-0.2, 0) is 14.9 Å². The number of ether oxygens (including phenoxy) is 3. The standard InChI is InChI=1S/C20H22N2O5/c23-17-20(6-7-25-11-20)21-18(24)22(17)12-8-13(9-12)27-15-3-1-2-14-16(15)19(4-5-19)10-26-14/h1-3,12-13H,4-11H2,(H,21,24)/t12?,13?,20-/m0/s1. The molecule has 5 aliphatic rings. The van der Waals surface area contributed by atoms with E-state index in [1.54, 1.807) is 0 Å². The van der Waals surface area contributed by atoms with Crippen LogP contribution in [0.15, 0.2) is 18.2 Å². The summed E-state index contributed by atoms with van der Waals surface area (Å²) in [5, 5.41) is 2.85. The number of hydrogen-bond acceptors (Lipinski definition) is 5. The van der Waals surface area contributed by atoms with Crippen molar-refractivity contribution in [2.75, 3.05) is 19.8 Å². The Morgan fingerprint density at radius 3 is 2.74 bits per heavy atom. The van der Waals surface area contributed by atoms with Crippen LogP contribution in [0, 0.1) is 0 Å². The van der Waals surface area contributed by atoms with Crippen LogP contribution >= 0.6 is 0 Å². The highest BCUT2D eigenvalue weighted by Crippen LogP contribution is 2.58. The van der Waals surface area contributed by atoms with Crippen LogP contribution in [0.1, 0.15) is 37.7 Å². The fourth-order valence-corrected chi connectivity index (χ4v) is 4.92. The Morgan fingerprint density at radius 2 is 2.00 bits per heavy atom. The van der Waals surface area contributed by atoms with Gasteiger partial charge in [0, 0.05) is 42.9 Å². The molecule has 1 N–H and O–H groups in total. The average molecular weight is 370 g/mol. The van der Waals surface area contributed by atoms with Crippen LogP contribution in [0.3, 0.4) is 0 Å². The topological polar surface area (TPSA) is 77.1 Å². The number of carbonyl (C=O) groups excluding carboxylic acids is 2. The van der Waals surface area contributed by atoms with Gasteiger partial charge in [-0.3, -0.25) is 9.69 Å². The highest BCUT2D eigenvalue weighted by Gasteiger charge is 2.57. The predicted octanol–water partition coefficient (Wildman–Crippen LogP) is 1.73. The van der Waals surface area contributed by atoms with E-state index < -0.39 is 5.54 Å². The van der Waals surface area contributed by atoms with Crippen LogP contribution in [-0.4, -0.2) is 54.3 Å². The van der Waals surface area contributed by atoms with Crippen molar-refractivity contribution in [1.82, 2.24) is 10.2 Å². The van der Waals surface area contributed by atoms with Gasteiger partial charge in [0.25, 0.3) is 5.91 Å². The average Bonchev–Trinajstić information content (AvgIpc) is 2.97. The van der Waals surface area contributed by atoms with E-state index in [1.807, 2.05) is 18.2 Å². The molecule has 0 radical (unpaired) electrons. The van der Waals surface area contributed by atoms with Crippen molar-refractivity contribution in [1.29, 1.82) is 0 Å². The molecule has 2 aliphatic carbocycles. The van der Waals surface area contributed by atoms with Crippen molar-refractivity contribution in [3.8, 4) is 11.5 Å². The summed E-state index contributed by atoms with van der Waals surface area (Å²) < 4.78 is 17.5. The molecule has 3 aliphatic heterocycles. The first-order valence-corrected chi connectivity index (χ1v) is 9.77. The number of hydrogen-bond donors (Lipinski definition) is 1. The number of fused-ring (bicyclic) bond motifs is 2. The van der Waals surface area contributed by atoms with Crippen LogP contribution in [0.25, 0.3) is 0 Å². The third kappa shape index (κ3) is 2.12. The third-order valence-corrected chi connectivity index (χ3v) is 6.82. The Kier molecular flexibility index (Phi) is 3.01. The number of amides is 3. The summed E-state index contributed by atoms with van der Waals surface area (Å²) in [5.41, 5.74) is 0.541. The molecule has 4 fully saturated rings. The lowest BCUT2D eigenvalue weighted by Crippen LogP contribution is -2.53. The maximum Gasteiger partial charge on any atom is 0.325 e.